The van der Waals surface area contributed by atoms with Gasteiger partial charge in [-0.05, 0) is 18.2 Å². The molecule has 1 aliphatic rings. The maximum Gasteiger partial charge on any atom is 0.494 e. The van der Waals surface area contributed by atoms with Crippen LogP contribution in [0, 0.1) is 0 Å². The molecule has 2 aromatic rings. The molecule has 0 aromatic heterocycles. The van der Waals surface area contributed by atoms with Gasteiger partial charge in [-0.3, -0.25) is 0 Å². The summed E-state index contributed by atoms with van der Waals surface area (Å²) >= 11 is 0. The average Bonchev–Trinajstić information content (AvgIpc) is 2.36. The second-order valence-corrected chi connectivity index (χ2v) is 5.76. The van der Waals surface area contributed by atoms with E-state index in [1.807, 2.05) is 0 Å². The van der Waals surface area contributed by atoms with E-state index in [1.54, 1.807) is 0 Å². The summed E-state index contributed by atoms with van der Waals surface area (Å²) in [6.07, 6.45) is -4.61. The van der Waals surface area contributed by atoms with Crippen LogP contribution >= 0.6 is 0 Å². The third kappa shape index (κ3) is 2.24. The highest BCUT2D eigenvalue weighted by atomic mass is 32.2. The molecule has 2 N–H and O–H groups in total. The van der Waals surface area contributed by atoms with Crippen LogP contribution in [0.5, 0.6) is 0 Å². The van der Waals surface area contributed by atoms with Gasteiger partial charge in [-0.25, -0.2) is 18.7 Å². The van der Waals surface area contributed by atoms with Crippen LogP contribution in [0.4, 0.5) is 24.5 Å². The number of hydrogen-bond acceptors (Lipinski definition) is 4. The van der Waals surface area contributed by atoms with E-state index in [0.717, 1.165) is 12.1 Å². The van der Waals surface area contributed by atoms with Gasteiger partial charge in [0.25, 0.3) is 0 Å². The molecule has 9 heteroatoms. The molecule has 0 spiro atoms. The molecular weight excluding hydrogens is 309 g/mol. The Labute approximate surface area is 116 Å². The van der Waals surface area contributed by atoms with Gasteiger partial charge in [0.1, 0.15) is 21.5 Å². The highest BCUT2D eigenvalue weighted by Gasteiger charge is 2.44. The number of hydrogen-bond donors (Lipinski definition) is 2. The van der Waals surface area contributed by atoms with E-state index in [9.17, 15) is 26.1 Å². The summed E-state index contributed by atoms with van der Waals surface area (Å²) in [6.45, 7) is 0. The summed E-state index contributed by atoms with van der Waals surface area (Å²) in [5, 5.41) is 2.46. The lowest BCUT2D eigenvalue weighted by Crippen LogP contribution is -2.73. The molecule has 5 nitrogen and oxygen atoms in total. The number of nitrogens with one attached hydrogen (secondary N) is 2. The van der Waals surface area contributed by atoms with Crippen LogP contribution in [0.2, 0.25) is 0 Å². The molecule has 0 aliphatic carbocycles. The molecule has 1 heterocycles. The lowest BCUT2D eigenvalue weighted by Gasteiger charge is -2.17. The normalized spacial score (nSPS) is 14.8. The number of amidine groups is 1. The van der Waals surface area contributed by atoms with Crippen molar-refractivity contribution >= 4 is 38.1 Å². The number of benzene rings is 2. The summed E-state index contributed by atoms with van der Waals surface area (Å²) < 4.78 is 72.0. The fraction of sp³-hybridized carbons (Fsp3) is 0.0833. The fourth-order valence-corrected chi connectivity index (χ4v) is 2.92. The molecule has 3 rings (SSSR count). The lowest BCUT2D eigenvalue weighted by molar-refractivity contribution is -0.367. The number of anilines is 1. The minimum Gasteiger partial charge on any atom is -0.744 e. The maximum absolute atomic E-state index is 12.8. The Balaban J connectivity index is 2.37. The largest absolute Gasteiger partial charge is 0.744 e. The predicted molar refractivity (Wildman–Crippen MR) is 67.2 cm³/mol. The Bertz CT molecular complexity index is 888. The van der Waals surface area contributed by atoms with Crippen LogP contribution in [-0.2, 0) is 10.1 Å². The highest BCUT2D eigenvalue weighted by molar-refractivity contribution is 7.86. The van der Waals surface area contributed by atoms with Crippen LogP contribution in [0.25, 0.3) is 10.8 Å². The number of alkyl halides is 3. The summed E-state index contributed by atoms with van der Waals surface area (Å²) in [6, 6.07) is 6.26. The Hall–Kier alpha value is -2.13. The quantitative estimate of drug-likeness (QED) is 0.764. The predicted octanol–water partition coefficient (Wildman–Crippen LogP) is 0.842. The van der Waals surface area contributed by atoms with E-state index in [4.69, 9.17) is 0 Å². The van der Waals surface area contributed by atoms with Crippen molar-refractivity contribution in [2.24, 2.45) is 0 Å². The van der Waals surface area contributed by atoms with Crippen molar-refractivity contribution in [1.82, 2.24) is 0 Å². The van der Waals surface area contributed by atoms with E-state index in [1.165, 1.54) is 18.2 Å². The van der Waals surface area contributed by atoms with Crippen molar-refractivity contribution in [3.8, 4) is 0 Å². The van der Waals surface area contributed by atoms with E-state index in [-0.39, 0.29) is 22.1 Å². The van der Waals surface area contributed by atoms with Crippen molar-refractivity contribution < 1.29 is 31.1 Å². The number of halogens is 3. The molecule has 0 saturated carbocycles. The van der Waals surface area contributed by atoms with E-state index in [2.05, 4.69) is 10.3 Å². The molecule has 0 atom stereocenters. The Morgan fingerprint density at radius 1 is 1.14 bits per heavy atom. The van der Waals surface area contributed by atoms with Crippen LogP contribution in [0.1, 0.15) is 0 Å². The zero-order valence-corrected chi connectivity index (χ0v) is 11.0. The van der Waals surface area contributed by atoms with E-state index in [0.29, 0.717) is 0 Å². The molecule has 0 bridgehead atoms. The summed E-state index contributed by atoms with van der Waals surface area (Å²) in [7, 11) is -4.72. The summed E-state index contributed by atoms with van der Waals surface area (Å²) in [5.74, 6) is -1.07. The van der Waals surface area contributed by atoms with Crippen molar-refractivity contribution in [2.75, 3.05) is 5.32 Å². The first kappa shape index (κ1) is 13.8. The zero-order chi connectivity index (χ0) is 15.4. The van der Waals surface area contributed by atoms with Gasteiger partial charge in [0.05, 0.1) is 10.3 Å². The van der Waals surface area contributed by atoms with Crippen LogP contribution in [0.15, 0.2) is 35.2 Å². The van der Waals surface area contributed by atoms with Gasteiger partial charge in [-0.2, -0.15) is 13.2 Å². The smallest absolute Gasteiger partial charge is 0.494 e. The topological polar surface area (TPSA) is 83.2 Å². The van der Waals surface area contributed by atoms with Gasteiger partial charge in [0.15, 0.2) is 0 Å². The van der Waals surface area contributed by atoms with E-state index < -0.39 is 27.0 Å². The minimum absolute atomic E-state index is 0.0706. The first-order chi connectivity index (χ1) is 9.68. The Morgan fingerprint density at radius 3 is 2.48 bits per heavy atom. The van der Waals surface area contributed by atoms with Crippen LogP contribution in [0.3, 0.4) is 0 Å². The van der Waals surface area contributed by atoms with Crippen molar-refractivity contribution in [3.63, 3.8) is 0 Å². The first-order valence-corrected chi connectivity index (χ1v) is 7.08. The van der Waals surface area contributed by atoms with Gasteiger partial charge in [-0.15, -0.1) is 0 Å². The summed E-state index contributed by atoms with van der Waals surface area (Å²) in [4.78, 5) is 1.69. The second kappa shape index (κ2) is 4.18. The molecular formula is C12H7F3N2O3S. The van der Waals surface area contributed by atoms with E-state index >= 15 is 0 Å². The molecule has 0 radical (unpaired) electrons. The second-order valence-electron chi connectivity index (χ2n) is 4.42. The molecule has 110 valence electrons. The molecule has 2 aromatic carbocycles. The lowest BCUT2D eigenvalue weighted by atomic mass is 10.1. The number of rotatable bonds is 1. The van der Waals surface area contributed by atoms with Gasteiger partial charge in [0.2, 0.25) is 0 Å². The van der Waals surface area contributed by atoms with Crippen molar-refractivity contribution in [1.29, 1.82) is 0 Å². The SMILES string of the molecule is O=S(=O)([O-])c1ccc2c3c(cccc13)NC(C(F)(F)F)=[NH+]2. The molecule has 0 unspecified atom stereocenters. The molecule has 0 fully saturated rings. The third-order valence-electron chi connectivity index (χ3n) is 3.07. The standard InChI is InChI=1S/C12H7F3N2O3S/c13-12(14,15)11-16-7-3-1-2-6-9(21(18,19)20)5-4-8(17-11)10(6)7/h1-5H,(H,16,17)(H,18,19,20). The van der Waals surface area contributed by atoms with Crippen LogP contribution < -0.4 is 10.3 Å². The molecule has 0 saturated heterocycles. The maximum atomic E-state index is 12.8. The zero-order valence-electron chi connectivity index (χ0n) is 10.2. The van der Waals surface area contributed by atoms with Crippen molar-refractivity contribution in [3.05, 3.63) is 30.3 Å². The van der Waals surface area contributed by atoms with Crippen LogP contribution in [-0.4, -0.2) is 25.0 Å². The Morgan fingerprint density at radius 2 is 1.86 bits per heavy atom. The average molecular weight is 316 g/mol. The van der Waals surface area contributed by atoms with Gasteiger partial charge in [0, 0.05) is 5.39 Å². The highest BCUT2D eigenvalue weighted by Crippen LogP contribution is 2.34. The fourth-order valence-electron chi connectivity index (χ4n) is 2.25. The third-order valence-corrected chi connectivity index (χ3v) is 3.97. The Kier molecular flexibility index (Phi) is 2.76. The molecule has 1 aliphatic heterocycles. The molecule has 0 amide bonds. The van der Waals surface area contributed by atoms with Gasteiger partial charge >= 0.3 is 12.0 Å². The summed E-state index contributed by atoms with van der Waals surface area (Å²) in [5.41, 5.74) is 0.165. The van der Waals surface area contributed by atoms with Gasteiger partial charge in [-0.1, -0.05) is 12.1 Å². The van der Waals surface area contributed by atoms with Gasteiger partial charge < -0.3 is 4.55 Å². The molecule has 21 heavy (non-hydrogen) atoms. The first-order valence-electron chi connectivity index (χ1n) is 5.68. The monoisotopic (exact) mass is 316 g/mol. The van der Waals surface area contributed by atoms with Crippen molar-refractivity contribution in [2.45, 2.75) is 11.1 Å². The minimum atomic E-state index is -4.72.